The molecule has 1 amide bonds. The molecule has 0 bridgehead atoms. The van der Waals surface area contributed by atoms with Crippen molar-refractivity contribution in [2.75, 3.05) is 6.54 Å². The van der Waals surface area contributed by atoms with E-state index in [-0.39, 0.29) is 11.3 Å². The molecule has 0 spiro atoms. The summed E-state index contributed by atoms with van der Waals surface area (Å²) in [5.41, 5.74) is -0.253. The van der Waals surface area contributed by atoms with Crippen LogP contribution in [-0.4, -0.2) is 27.5 Å². The molecule has 0 atom stereocenters. The number of aromatic hydroxyl groups is 1. The van der Waals surface area contributed by atoms with E-state index in [0.29, 0.717) is 13.0 Å². The molecule has 1 aromatic carbocycles. The minimum absolute atomic E-state index is 0.00902. The van der Waals surface area contributed by atoms with Crippen molar-refractivity contribution in [3.8, 4) is 5.75 Å². The van der Waals surface area contributed by atoms with Crippen molar-refractivity contribution in [2.24, 2.45) is 0 Å². The predicted octanol–water partition coefficient (Wildman–Crippen LogP) is 1.73. The number of carbonyl (C=O) groups excluding carboxylic acids is 1. The molecule has 0 aliphatic carbocycles. The van der Waals surface area contributed by atoms with Crippen LogP contribution in [0.4, 0.5) is 5.69 Å². The number of rotatable bonds is 5. The van der Waals surface area contributed by atoms with Crippen LogP contribution in [0.25, 0.3) is 0 Å². The molecule has 2 rings (SSSR count). The maximum Gasteiger partial charge on any atom is 0.273 e. The van der Waals surface area contributed by atoms with Crippen molar-refractivity contribution in [2.45, 2.75) is 6.42 Å². The Kier molecular flexibility index (Phi) is 4.26. The number of phenols is 1. The van der Waals surface area contributed by atoms with E-state index >= 15 is 0 Å². The fourth-order valence-electron chi connectivity index (χ4n) is 1.58. The first-order valence-corrected chi connectivity index (χ1v) is 6.60. The van der Waals surface area contributed by atoms with Gasteiger partial charge in [0.1, 0.15) is 5.75 Å². The zero-order chi connectivity index (χ0) is 14.5. The fourth-order valence-corrected chi connectivity index (χ4v) is 2.20. The van der Waals surface area contributed by atoms with Gasteiger partial charge in [-0.15, -0.1) is 11.3 Å². The molecular weight excluding hydrogens is 282 g/mol. The standard InChI is InChI=1S/C12H11N3O4S/c16-10-7-8(15(18)19)1-2-9(10)12(17)14-4-3-11-13-5-6-20-11/h1-2,5-7,16H,3-4H2,(H,14,17). The van der Waals surface area contributed by atoms with Gasteiger partial charge in [0.05, 0.1) is 21.6 Å². The van der Waals surface area contributed by atoms with Crippen molar-refractivity contribution >= 4 is 22.9 Å². The number of thiazole rings is 1. The number of nitro benzene ring substituents is 1. The lowest BCUT2D eigenvalue weighted by Crippen LogP contribution is -2.25. The average Bonchev–Trinajstić information content (AvgIpc) is 2.91. The lowest BCUT2D eigenvalue weighted by Gasteiger charge is -2.05. The number of hydrogen-bond donors (Lipinski definition) is 2. The summed E-state index contributed by atoms with van der Waals surface area (Å²) >= 11 is 1.49. The van der Waals surface area contributed by atoms with E-state index in [0.717, 1.165) is 11.1 Å². The molecule has 20 heavy (non-hydrogen) atoms. The van der Waals surface area contributed by atoms with Gasteiger partial charge in [0.15, 0.2) is 0 Å². The molecule has 7 nitrogen and oxygen atoms in total. The highest BCUT2D eigenvalue weighted by atomic mass is 32.1. The lowest BCUT2D eigenvalue weighted by atomic mass is 10.1. The van der Waals surface area contributed by atoms with E-state index in [1.807, 2.05) is 5.38 Å². The fraction of sp³-hybridized carbons (Fsp3) is 0.167. The van der Waals surface area contributed by atoms with E-state index in [1.54, 1.807) is 6.20 Å². The Morgan fingerprint density at radius 2 is 2.30 bits per heavy atom. The smallest absolute Gasteiger partial charge is 0.273 e. The topological polar surface area (TPSA) is 105 Å². The molecule has 1 aromatic heterocycles. The highest BCUT2D eigenvalue weighted by molar-refractivity contribution is 7.09. The Hall–Kier alpha value is -2.48. The van der Waals surface area contributed by atoms with Crippen molar-refractivity contribution in [1.29, 1.82) is 0 Å². The van der Waals surface area contributed by atoms with Gasteiger partial charge >= 0.3 is 0 Å². The van der Waals surface area contributed by atoms with Crippen LogP contribution in [0.2, 0.25) is 0 Å². The second-order valence-electron chi connectivity index (χ2n) is 3.89. The third-order valence-electron chi connectivity index (χ3n) is 2.54. The number of non-ortho nitro benzene ring substituents is 1. The Morgan fingerprint density at radius 3 is 2.90 bits per heavy atom. The Balaban J connectivity index is 1.97. The number of nitrogens with zero attached hydrogens (tertiary/aromatic N) is 2. The zero-order valence-corrected chi connectivity index (χ0v) is 11.1. The number of amides is 1. The monoisotopic (exact) mass is 293 g/mol. The lowest BCUT2D eigenvalue weighted by molar-refractivity contribution is -0.384. The third kappa shape index (κ3) is 3.29. The van der Waals surface area contributed by atoms with Crippen molar-refractivity contribution in [3.05, 3.63) is 50.5 Å². The second-order valence-corrected chi connectivity index (χ2v) is 4.87. The number of nitro groups is 1. The summed E-state index contributed by atoms with van der Waals surface area (Å²) in [7, 11) is 0. The summed E-state index contributed by atoms with van der Waals surface area (Å²) in [5, 5.41) is 25.5. The minimum atomic E-state index is -0.635. The van der Waals surface area contributed by atoms with Gasteiger partial charge in [-0.05, 0) is 6.07 Å². The van der Waals surface area contributed by atoms with Crippen molar-refractivity contribution in [1.82, 2.24) is 10.3 Å². The van der Waals surface area contributed by atoms with Gasteiger partial charge in [-0.2, -0.15) is 0 Å². The molecule has 0 fully saturated rings. The molecule has 104 valence electrons. The van der Waals surface area contributed by atoms with Gasteiger partial charge in [0, 0.05) is 30.6 Å². The molecule has 0 aliphatic rings. The number of nitrogens with one attached hydrogen (secondary N) is 1. The van der Waals surface area contributed by atoms with Crippen LogP contribution < -0.4 is 5.32 Å². The van der Waals surface area contributed by atoms with Gasteiger partial charge in [-0.25, -0.2) is 4.98 Å². The highest BCUT2D eigenvalue weighted by Crippen LogP contribution is 2.23. The normalized spacial score (nSPS) is 10.2. The van der Waals surface area contributed by atoms with Gasteiger partial charge in [0.2, 0.25) is 0 Å². The van der Waals surface area contributed by atoms with Crippen molar-refractivity contribution < 1.29 is 14.8 Å². The van der Waals surface area contributed by atoms with Gasteiger partial charge in [-0.3, -0.25) is 14.9 Å². The molecule has 0 aliphatic heterocycles. The first-order valence-electron chi connectivity index (χ1n) is 5.72. The molecular formula is C12H11N3O4S. The van der Waals surface area contributed by atoms with Crippen molar-refractivity contribution in [3.63, 3.8) is 0 Å². The largest absolute Gasteiger partial charge is 0.507 e. The molecule has 0 unspecified atom stereocenters. The number of benzene rings is 1. The van der Waals surface area contributed by atoms with E-state index < -0.39 is 16.6 Å². The highest BCUT2D eigenvalue weighted by Gasteiger charge is 2.15. The first-order chi connectivity index (χ1) is 9.58. The maximum absolute atomic E-state index is 11.8. The quantitative estimate of drug-likeness (QED) is 0.645. The van der Waals surface area contributed by atoms with Crippen LogP contribution in [-0.2, 0) is 6.42 Å². The van der Waals surface area contributed by atoms with Gasteiger partial charge < -0.3 is 10.4 Å². The first kappa shape index (κ1) is 13.9. The Bertz CT molecular complexity index is 628. The molecule has 8 heteroatoms. The second kappa shape index (κ2) is 6.11. The molecule has 2 N–H and O–H groups in total. The van der Waals surface area contributed by atoms with E-state index in [1.165, 1.54) is 23.5 Å². The Morgan fingerprint density at radius 1 is 1.50 bits per heavy atom. The summed E-state index contributed by atoms with van der Waals surface area (Å²) in [5.74, 6) is -0.889. The Labute approximate surface area is 118 Å². The molecule has 0 radical (unpaired) electrons. The van der Waals surface area contributed by atoms with Crippen LogP contribution >= 0.6 is 11.3 Å². The van der Waals surface area contributed by atoms with Crippen LogP contribution in [0.3, 0.4) is 0 Å². The summed E-state index contributed by atoms with van der Waals surface area (Å²) in [6.45, 7) is 0.378. The summed E-state index contributed by atoms with van der Waals surface area (Å²) < 4.78 is 0. The number of hydrogen-bond acceptors (Lipinski definition) is 6. The summed E-state index contributed by atoms with van der Waals surface area (Å²) in [6, 6.07) is 3.36. The van der Waals surface area contributed by atoms with Crippen LogP contribution in [0.15, 0.2) is 29.8 Å². The van der Waals surface area contributed by atoms with Crippen LogP contribution in [0.5, 0.6) is 5.75 Å². The maximum atomic E-state index is 11.8. The molecule has 1 heterocycles. The number of phenolic OH excluding ortho intramolecular Hbond substituents is 1. The van der Waals surface area contributed by atoms with E-state index in [4.69, 9.17) is 0 Å². The third-order valence-corrected chi connectivity index (χ3v) is 3.38. The molecule has 0 saturated carbocycles. The zero-order valence-electron chi connectivity index (χ0n) is 10.3. The van der Waals surface area contributed by atoms with Crippen LogP contribution in [0.1, 0.15) is 15.4 Å². The SMILES string of the molecule is O=C(NCCc1nccs1)c1ccc([N+](=O)[O-])cc1O. The average molecular weight is 293 g/mol. The minimum Gasteiger partial charge on any atom is -0.507 e. The molecule has 2 aromatic rings. The van der Waals surface area contributed by atoms with E-state index in [2.05, 4.69) is 10.3 Å². The summed E-state index contributed by atoms with van der Waals surface area (Å²) in [4.78, 5) is 25.8. The van der Waals surface area contributed by atoms with Crippen LogP contribution in [0, 0.1) is 10.1 Å². The number of carbonyl (C=O) groups is 1. The summed E-state index contributed by atoms with van der Waals surface area (Å²) in [6.07, 6.45) is 2.28. The van der Waals surface area contributed by atoms with E-state index in [9.17, 15) is 20.0 Å². The van der Waals surface area contributed by atoms with Gasteiger partial charge in [0.25, 0.3) is 11.6 Å². The van der Waals surface area contributed by atoms with Gasteiger partial charge in [-0.1, -0.05) is 0 Å². The predicted molar refractivity (Wildman–Crippen MR) is 72.9 cm³/mol. The molecule has 0 saturated heterocycles. The number of aromatic nitrogens is 1.